The van der Waals surface area contributed by atoms with E-state index < -0.39 is 0 Å². The zero-order valence-electron chi connectivity index (χ0n) is 13.3. The highest BCUT2D eigenvalue weighted by Crippen LogP contribution is 2.18. The highest BCUT2D eigenvalue weighted by molar-refractivity contribution is 5.97. The van der Waals surface area contributed by atoms with Crippen LogP contribution in [-0.4, -0.2) is 43.9 Å². The van der Waals surface area contributed by atoms with Gasteiger partial charge in [-0.25, -0.2) is 0 Å². The van der Waals surface area contributed by atoms with E-state index in [9.17, 15) is 9.59 Å². The highest BCUT2D eigenvalue weighted by atomic mass is 35.5. The van der Waals surface area contributed by atoms with Gasteiger partial charge >= 0.3 is 0 Å². The van der Waals surface area contributed by atoms with Gasteiger partial charge in [0.1, 0.15) is 0 Å². The van der Waals surface area contributed by atoms with E-state index in [2.05, 4.69) is 10.6 Å². The summed E-state index contributed by atoms with van der Waals surface area (Å²) < 4.78 is 0. The van der Waals surface area contributed by atoms with Gasteiger partial charge in [0.25, 0.3) is 5.91 Å². The van der Waals surface area contributed by atoms with E-state index in [-0.39, 0.29) is 30.1 Å². The summed E-state index contributed by atoms with van der Waals surface area (Å²) in [6, 6.07) is 5.41. The molecule has 1 aliphatic rings. The van der Waals surface area contributed by atoms with Crippen molar-refractivity contribution in [3.8, 4) is 0 Å². The van der Waals surface area contributed by atoms with Crippen molar-refractivity contribution in [1.29, 1.82) is 0 Å². The molecule has 1 fully saturated rings. The Kier molecular flexibility index (Phi) is 6.84. The lowest BCUT2D eigenvalue weighted by Gasteiger charge is -2.22. The van der Waals surface area contributed by atoms with Gasteiger partial charge in [-0.1, -0.05) is 0 Å². The monoisotopic (exact) mass is 325 g/mol. The summed E-state index contributed by atoms with van der Waals surface area (Å²) in [7, 11) is 3.46. The van der Waals surface area contributed by atoms with E-state index in [0.717, 1.165) is 37.2 Å². The molecule has 1 atom stereocenters. The molecule has 1 aliphatic heterocycles. The van der Waals surface area contributed by atoms with E-state index >= 15 is 0 Å². The average molecular weight is 326 g/mol. The number of carbonyl (C=O) groups is 2. The van der Waals surface area contributed by atoms with Gasteiger partial charge in [0.15, 0.2) is 0 Å². The molecule has 0 spiro atoms. The summed E-state index contributed by atoms with van der Waals surface area (Å²) >= 11 is 0. The minimum atomic E-state index is -0.0261. The SMILES string of the molecule is Cc1cc(NC(=O)C2CCCNC2)ccc1C(=O)N(C)C.Cl. The van der Waals surface area contributed by atoms with Crippen LogP contribution in [0, 0.1) is 12.8 Å². The second-order valence-electron chi connectivity index (χ2n) is 5.76. The van der Waals surface area contributed by atoms with Gasteiger partial charge in [-0.2, -0.15) is 0 Å². The first-order chi connectivity index (χ1) is 9.99. The number of nitrogens with zero attached hydrogens (tertiary/aromatic N) is 1. The molecule has 1 aromatic carbocycles. The van der Waals surface area contributed by atoms with Gasteiger partial charge in [0, 0.05) is 31.9 Å². The lowest BCUT2D eigenvalue weighted by Crippen LogP contribution is -2.37. The third-order valence-corrected chi connectivity index (χ3v) is 3.80. The van der Waals surface area contributed by atoms with Crippen LogP contribution in [-0.2, 0) is 4.79 Å². The molecule has 0 aliphatic carbocycles. The fraction of sp³-hybridized carbons (Fsp3) is 0.500. The highest BCUT2D eigenvalue weighted by Gasteiger charge is 2.21. The van der Waals surface area contributed by atoms with Crippen molar-refractivity contribution in [3.63, 3.8) is 0 Å². The first-order valence-corrected chi connectivity index (χ1v) is 7.33. The maximum absolute atomic E-state index is 12.2. The molecule has 2 amide bonds. The summed E-state index contributed by atoms with van der Waals surface area (Å²) in [4.78, 5) is 25.7. The molecule has 1 saturated heterocycles. The van der Waals surface area contributed by atoms with Crippen LogP contribution in [0.2, 0.25) is 0 Å². The first kappa shape index (κ1) is 18.5. The first-order valence-electron chi connectivity index (χ1n) is 7.33. The number of rotatable bonds is 3. The van der Waals surface area contributed by atoms with Crippen molar-refractivity contribution >= 4 is 29.9 Å². The summed E-state index contributed by atoms with van der Waals surface area (Å²) in [5, 5.41) is 6.18. The van der Waals surface area contributed by atoms with Crippen molar-refractivity contribution < 1.29 is 9.59 Å². The van der Waals surface area contributed by atoms with Crippen LogP contribution in [0.15, 0.2) is 18.2 Å². The van der Waals surface area contributed by atoms with Gasteiger partial charge < -0.3 is 15.5 Å². The number of benzene rings is 1. The number of hydrogen-bond donors (Lipinski definition) is 2. The second kappa shape index (κ2) is 8.15. The van der Waals surface area contributed by atoms with Crippen LogP contribution >= 0.6 is 12.4 Å². The van der Waals surface area contributed by atoms with E-state index in [4.69, 9.17) is 0 Å². The predicted octanol–water partition coefficient (Wildman–Crippen LogP) is 2.06. The Hall–Kier alpha value is -1.59. The smallest absolute Gasteiger partial charge is 0.253 e. The molecule has 0 bridgehead atoms. The average Bonchev–Trinajstić information content (AvgIpc) is 2.47. The Bertz CT molecular complexity index is 540. The zero-order valence-corrected chi connectivity index (χ0v) is 14.1. The van der Waals surface area contributed by atoms with Crippen molar-refractivity contribution in [1.82, 2.24) is 10.2 Å². The lowest BCUT2D eigenvalue weighted by molar-refractivity contribution is -0.120. The third-order valence-electron chi connectivity index (χ3n) is 3.80. The number of carbonyl (C=O) groups excluding carboxylic acids is 2. The Morgan fingerprint density at radius 2 is 2.05 bits per heavy atom. The molecular weight excluding hydrogens is 302 g/mol. The summed E-state index contributed by atoms with van der Waals surface area (Å²) in [5.41, 5.74) is 2.28. The second-order valence-corrected chi connectivity index (χ2v) is 5.76. The van der Waals surface area contributed by atoms with Gasteiger partial charge in [-0.15, -0.1) is 12.4 Å². The molecule has 2 rings (SSSR count). The predicted molar refractivity (Wildman–Crippen MR) is 90.7 cm³/mol. The van der Waals surface area contributed by atoms with E-state index in [1.54, 1.807) is 31.1 Å². The Balaban J connectivity index is 0.00000242. The van der Waals surface area contributed by atoms with Crippen LogP contribution < -0.4 is 10.6 Å². The number of nitrogens with one attached hydrogen (secondary N) is 2. The summed E-state index contributed by atoms with van der Waals surface area (Å²) in [6.07, 6.45) is 1.96. The van der Waals surface area contributed by atoms with Crippen LogP contribution in [0.4, 0.5) is 5.69 Å². The van der Waals surface area contributed by atoms with Crippen LogP contribution in [0.5, 0.6) is 0 Å². The number of hydrogen-bond acceptors (Lipinski definition) is 3. The number of aryl methyl sites for hydroxylation is 1. The van der Waals surface area contributed by atoms with Crippen LogP contribution in [0.3, 0.4) is 0 Å². The molecule has 122 valence electrons. The molecule has 22 heavy (non-hydrogen) atoms. The minimum Gasteiger partial charge on any atom is -0.345 e. The fourth-order valence-corrected chi connectivity index (χ4v) is 2.54. The molecule has 2 N–H and O–H groups in total. The van der Waals surface area contributed by atoms with Gasteiger partial charge in [-0.05, 0) is 50.1 Å². The fourth-order valence-electron chi connectivity index (χ4n) is 2.54. The minimum absolute atomic E-state index is 0. The summed E-state index contributed by atoms with van der Waals surface area (Å²) in [5.74, 6) is 0.0530. The number of piperidine rings is 1. The van der Waals surface area contributed by atoms with Crippen molar-refractivity contribution in [2.45, 2.75) is 19.8 Å². The van der Waals surface area contributed by atoms with Crippen molar-refractivity contribution in [2.75, 3.05) is 32.5 Å². The maximum atomic E-state index is 12.2. The topological polar surface area (TPSA) is 61.4 Å². The Morgan fingerprint density at radius 3 is 2.59 bits per heavy atom. The molecule has 1 aromatic rings. The maximum Gasteiger partial charge on any atom is 0.253 e. The van der Waals surface area contributed by atoms with Crippen LogP contribution in [0.25, 0.3) is 0 Å². The molecule has 6 heteroatoms. The van der Waals surface area contributed by atoms with Gasteiger partial charge in [0.05, 0.1) is 5.92 Å². The molecule has 0 saturated carbocycles. The molecule has 0 aromatic heterocycles. The molecule has 1 unspecified atom stereocenters. The largest absolute Gasteiger partial charge is 0.345 e. The Morgan fingerprint density at radius 1 is 1.32 bits per heavy atom. The molecule has 0 radical (unpaired) electrons. The molecule has 5 nitrogen and oxygen atoms in total. The van der Waals surface area contributed by atoms with E-state index in [0.29, 0.717) is 5.56 Å². The van der Waals surface area contributed by atoms with Crippen LogP contribution in [0.1, 0.15) is 28.8 Å². The number of anilines is 1. The van der Waals surface area contributed by atoms with E-state index in [1.807, 2.05) is 13.0 Å². The lowest BCUT2D eigenvalue weighted by atomic mass is 9.98. The van der Waals surface area contributed by atoms with E-state index in [1.165, 1.54) is 0 Å². The molecular formula is C16H24ClN3O2. The standard InChI is InChI=1S/C16H23N3O2.ClH/c1-11-9-13(6-7-14(11)16(21)19(2)3)18-15(20)12-5-4-8-17-10-12;/h6-7,9,12,17H,4-5,8,10H2,1-3H3,(H,18,20);1H. The van der Waals surface area contributed by atoms with Crippen molar-refractivity contribution in [2.24, 2.45) is 5.92 Å². The Labute approximate surface area is 137 Å². The third kappa shape index (κ3) is 4.45. The van der Waals surface area contributed by atoms with Gasteiger partial charge in [-0.3, -0.25) is 9.59 Å². The van der Waals surface area contributed by atoms with Gasteiger partial charge in [0.2, 0.25) is 5.91 Å². The number of halogens is 1. The number of amides is 2. The normalized spacial score (nSPS) is 17.3. The zero-order chi connectivity index (χ0) is 15.4. The molecule has 1 heterocycles. The van der Waals surface area contributed by atoms with Crippen molar-refractivity contribution in [3.05, 3.63) is 29.3 Å². The summed E-state index contributed by atoms with van der Waals surface area (Å²) in [6.45, 7) is 3.61. The quantitative estimate of drug-likeness (QED) is 0.894.